The zero-order valence-electron chi connectivity index (χ0n) is 15.5. The molecular formula is C20H17FN4O3S. The fourth-order valence-electron chi connectivity index (χ4n) is 2.93. The number of nitrogens with two attached hydrogens (primary N) is 1. The van der Waals surface area contributed by atoms with Crippen molar-refractivity contribution < 1.29 is 17.5 Å². The summed E-state index contributed by atoms with van der Waals surface area (Å²) in [6.07, 6.45) is 1.58. The van der Waals surface area contributed by atoms with Crippen molar-refractivity contribution in [3.8, 4) is 34.2 Å². The molecule has 0 atom stereocenters. The molecule has 0 saturated heterocycles. The van der Waals surface area contributed by atoms with E-state index >= 15 is 0 Å². The molecule has 2 aromatic carbocycles. The van der Waals surface area contributed by atoms with Crippen LogP contribution in [0.2, 0.25) is 0 Å². The normalized spacial score (nSPS) is 11.1. The molecule has 0 unspecified atom stereocenters. The van der Waals surface area contributed by atoms with Crippen LogP contribution in [0.1, 0.15) is 5.69 Å². The van der Waals surface area contributed by atoms with Crippen LogP contribution >= 0.6 is 0 Å². The summed E-state index contributed by atoms with van der Waals surface area (Å²) in [6.45, 7) is 3.93. The number of primary sulfonamides is 1. The molecule has 9 heteroatoms. The average molecular weight is 412 g/mol. The predicted octanol–water partition coefficient (Wildman–Crippen LogP) is 3.07. The van der Waals surface area contributed by atoms with E-state index in [9.17, 15) is 18.1 Å². The first-order chi connectivity index (χ1) is 13.8. The maximum absolute atomic E-state index is 14.3. The van der Waals surface area contributed by atoms with Gasteiger partial charge in [0.2, 0.25) is 10.0 Å². The Balaban J connectivity index is 2.25. The highest BCUT2D eigenvalue weighted by Crippen LogP contribution is 2.36. The van der Waals surface area contributed by atoms with Crippen LogP contribution in [0.5, 0.6) is 5.75 Å². The number of nitriles is 1. The number of rotatable bonds is 6. The van der Waals surface area contributed by atoms with Gasteiger partial charge in [-0.25, -0.2) is 22.6 Å². The molecular weight excluding hydrogens is 395 g/mol. The molecule has 0 fully saturated rings. The van der Waals surface area contributed by atoms with Crippen LogP contribution in [0.15, 0.2) is 60.0 Å². The maximum atomic E-state index is 14.3. The number of hydrogen-bond acceptors (Lipinski definition) is 5. The predicted molar refractivity (Wildman–Crippen MR) is 106 cm³/mol. The second kappa shape index (κ2) is 7.87. The Kier molecular flexibility index (Phi) is 5.50. The Labute approximate surface area is 167 Å². The lowest BCUT2D eigenvalue weighted by molar-refractivity contribution is 0.386. The lowest BCUT2D eigenvalue weighted by atomic mass is 9.99. The van der Waals surface area contributed by atoms with Gasteiger partial charge in [0.1, 0.15) is 17.5 Å². The number of halogens is 1. The second-order valence-corrected chi connectivity index (χ2v) is 7.63. The molecule has 0 spiro atoms. The highest BCUT2D eigenvalue weighted by Gasteiger charge is 2.22. The molecule has 1 aromatic heterocycles. The lowest BCUT2D eigenvalue weighted by Crippen LogP contribution is -2.11. The Hall–Kier alpha value is -3.48. The van der Waals surface area contributed by atoms with Crippen molar-refractivity contribution >= 4 is 10.0 Å². The Morgan fingerprint density at radius 1 is 1.28 bits per heavy atom. The number of methoxy groups -OCH3 is 1. The minimum atomic E-state index is -3.85. The molecule has 7 nitrogen and oxygen atoms in total. The zero-order chi connectivity index (χ0) is 21.2. The van der Waals surface area contributed by atoms with Gasteiger partial charge in [0, 0.05) is 11.1 Å². The van der Waals surface area contributed by atoms with Gasteiger partial charge in [0.05, 0.1) is 18.6 Å². The first-order valence-electron chi connectivity index (χ1n) is 8.39. The third-order valence-electron chi connectivity index (χ3n) is 4.26. The molecule has 0 aliphatic rings. The summed E-state index contributed by atoms with van der Waals surface area (Å²) in [6, 6.07) is 12.2. The molecule has 148 valence electrons. The fourth-order valence-corrected chi connectivity index (χ4v) is 3.45. The standard InChI is InChI=1S/C20H17FN4O3S/c1-3-10-25-17(12-22)19(14-6-9-18(28-2)16(21)11-14)20(24-25)13-4-7-15(8-5-13)29(23,26)27/h3-9,11H,1,10H2,2H3,(H2,23,26,27). The van der Waals surface area contributed by atoms with E-state index < -0.39 is 15.8 Å². The van der Waals surface area contributed by atoms with E-state index in [-0.39, 0.29) is 22.9 Å². The van der Waals surface area contributed by atoms with Crippen molar-refractivity contribution in [1.29, 1.82) is 5.26 Å². The largest absolute Gasteiger partial charge is 0.494 e. The lowest BCUT2D eigenvalue weighted by Gasteiger charge is -2.07. The number of aromatic nitrogens is 2. The summed E-state index contributed by atoms with van der Waals surface area (Å²) < 4.78 is 43.7. The van der Waals surface area contributed by atoms with Gasteiger partial charge < -0.3 is 4.74 Å². The molecule has 0 saturated carbocycles. The van der Waals surface area contributed by atoms with Gasteiger partial charge in [-0.3, -0.25) is 0 Å². The summed E-state index contributed by atoms with van der Waals surface area (Å²) in [7, 11) is -2.49. The van der Waals surface area contributed by atoms with Gasteiger partial charge in [0.25, 0.3) is 0 Å². The summed E-state index contributed by atoms with van der Waals surface area (Å²) in [5.41, 5.74) is 2.01. The van der Waals surface area contributed by atoms with E-state index in [4.69, 9.17) is 9.88 Å². The first-order valence-corrected chi connectivity index (χ1v) is 9.93. The average Bonchev–Trinajstić information content (AvgIpc) is 3.06. The number of nitrogens with zero attached hydrogens (tertiary/aromatic N) is 3. The number of benzene rings is 2. The quantitative estimate of drug-likeness (QED) is 0.626. The minimum absolute atomic E-state index is 0.0516. The van der Waals surface area contributed by atoms with E-state index in [2.05, 4.69) is 17.7 Å². The van der Waals surface area contributed by atoms with Gasteiger partial charge in [-0.05, 0) is 29.8 Å². The molecule has 3 rings (SSSR count). The van der Waals surface area contributed by atoms with Crippen molar-refractivity contribution in [3.63, 3.8) is 0 Å². The van der Waals surface area contributed by atoms with Crippen LogP contribution in [0.25, 0.3) is 22.4 Å². The Morgan fingerprint density at radius 3 is 2.45 bits per heavy atom. The molecule has 2 N–H and O–H groups in total. The molecule has 0 bridgehead atoms. The molecule has 3 aromatic rings. The summed E-state index contributed by atoms with van der Waals surface area (Å²) in [4.78, 5) is -0.0516. The summed E-state index contributed by atoms with van der Waals surface area (Å²) >= 11 is 0. The van der Waals surface area contributed by atoms with Gasteiger partial charge >= 0.3 is 0 Å². The monoisotopic (exact) mass is 412 g/mol. The van der Waals surface area contributed by atoms with Gasteiger partial charge in [-0.1, -0.05) is 24.3 Å². The molecule has 0 radical (unpaired) electrons. The van der Waals surface area contributed by atoms with Crippen LogP contribution in [0, 0.1) is 17.1 Å². The van der Waals surface area contributed by atoms with Gasteiger partial charge in [0.15, 0.2) is 11.6 Å². The molecule has 0 aliphatic heterocycles. The third kappa shape index (κ3) is 3.89. The topological polar surface area (TPSA) is 111 Å². The van der Waals surface area contributed by atoms with E-state index in [1.165, 1.54) is 48.2 Å². The van der Waals surface area contributed by atoms with Crippen LogP contribution in [-0.2, 0) is 16.6 Å². The van der Waals surface area contributed by atoms with Crippen LogP contribution in [0.3, 0.4) is 0 Å². The van der Waals surface area contributed by atoms with Crippen molar-refractivity contribution in [2.24, 2.45) is 5.14 Å². The highest BCUT2D eigenvalue weighted by atomic mass is 32.2. The summed E-state index contributed by atoms with van der Waals surface area (Å²) in [5.74, 6) is -0.509. The minimum Gasteiger partial charge on any atom is -0.494 e. The van der Waals surface area contributed by atoms with Gasteiger partial charge in [-0.2, -0.15) is 10.4 Å². The number of sulfonamides is 1. The number of hydrogen-bond donors (Lipinski definition) is 1. The van der Waals surface area contributed by atoms with Gasteiger partial charge in [-0.15, -0.1) is 6.58 Å². The Morgan fingerprint density at radius 2 is 1.93 bits per heavy atom. The zero-order valence-corrected chi connectivity index (χ0v) is 16.3. The summed E-state index contributed by atoms with van der Waals surface area (Å²) in [5, 5.41) is 19.3. The maximum Gasteiger partial charge on any atom is 0.238 e. The number of allylic oxidation sites excluding steroid dienone is 1. The number of ether oxygens (including phenoxy) is 1. The molecule has 0 aliphatic carbocycles. The van der Waals surface area contributed by atoms with E-state index in [0.717, 1.165) is 0 Å². The molecule has 0 amide bonds. The first kappa shape index (κ1) is 20.3. The van der Waals surface area contributed by atoms with E-state index in [1.807, 2.05) is 0 Å². The smallest absolute Gasteiger partial charge is 0.238 e. The fraction of sp³-hybridized carbons (Fsp3) is 0.100. The SMILES string of the molecule is C=CCn1nc(-c2ccc(S(N)(=O)=O)cc2)c(-c2ccc(OC)c(F)c2)c1C#N. The Bertz CT molecular complexity index is 1230. The van der Waals surface area contributed by atoms with Crippen molar-refractivity contribution in [1.82, 2.24) is 9.78 Å². The van der Waals surface area contributed by atoms with Crippen molar-refractivity contribution in [3.05, 3.63) is 66.6 Å². The molecule has 1 heterocycles. The van der Waals surface area contributed by atoms with E-state index in [0.29, 0.717) is 22.4 Å². The van der Waals surface area contributed by atoms with Crippen molar-refractivity contribution in [2.45, 2.75) is 11.4 Å². The highest BCUT2D eigenvalue weighted by molar-refractivity contribution is 7.89. The van der Waals surface area contributed by atoms with E-state index in [1.54, 1.807) is 12.1 Å². The third-order valence-corrected chi connectivity index (χ3v) is 5.19. The van der Waals surface area contributed by atoms with Crippen LogP contribution in [-0.4, -0.2) is 25.3 Å². The molecule has 29 heavy (non-hydrogen) atoms. The van der Waals surface area contributed by atoms with Crippen LogP contribution in [0.4, 0.5) is 4.39 Å². The van der Waals surface area contributed by atoms with Crippen molar-refractivity contribution in [2.75, 3.05) is 7.11 Å². The second-order valence-electron chi connectivity index (χ2n) is 6.07. The van der Waals surface area contributed by atoms with Crippen LogP contribution < -0.4 is 9.88 Å².